The van der Waals surface area contributed by atoms with Crippen LogP contribution in [0.5, 0.6) is 0 Å². The molecule has 1 aromatic heterocycles. The summed E-state index contributed by atoms with van der Waals surface area (Å²) in [5.41, 5.74) is 6.10. The molecule has 2 amide bonds. The maximum atomic E-state index is 10.4. The van der Waals surface area contributed by atoms with Crippen LogP contribution in [-0.2, 0) is 6.54 Å². The van der Waals surface area contributed by atoms with Crippen molar-refractivity contribution in [1.82, 2.24) is 5.32 Å². The lowest BCUT2D eigenvalue weighted by Gasteiger charge is -1.99. The van der Waals surface area contributed by atoms with E-state index >= 15 is 0 Å². The van der Waals surface area contributed by atoms with Crippen molar-refractivity contribution in [3.05, 3.63) is 21.4 Å². The average Bonchev–Trinajstić information content (AvgIpc) is 2.26. The fourth-order valence-electron chi connectivity index (χ4n) is 1.04. The van der Waals surface area contributed by atoms with E-state index in [0.29, 0.717) is 6.54 Å². The summed E-state index contributed by atoms with van der Waals surface area (Å²) in [6.45, 7) is 4.62. The zero-order valence-corrected chi connectivity index (χ0v) is 7.99. The number of carbonyl (C=O) groups is 1. The van der Waals surface area contributed by atoms with Crippen LogP contribution >= 0.6 is 11.3 Å². The Balaban J connectivity index is 2.62. The molecule has 1 aromatic rings. The minimum atomic E-state index is -0.474. The number of aryl methyl sites for hydroxylation is 2. The SMILES string of the molecule is Cc1cc(CNC(N)=O)c(C)s1. The minimum Gasteiger partial charge on any atom is -0.352 e. The van der Waals surface area contributed by atoms with Gasteiger partial charge in [0, 0.05) is 16.3 Å². The number of nitrogens with two attached hydrogens (primary N) is 1. The molecule has 0 saturated heterocycles. The van der Waals surface area contributed by atoms with E-state index in [9.17, 15) is 4.79 Å². The van der Waals surface area contributed by atoms with Crippen molar-refractivity contribution in [2.75, 3.05) is 0 Å². The van der Waals surface area contributed by atoms with Gasteiger partial charge >= 0.3 is 6.03 Å². The van der Waals surface area contributed by atoms with E-state index in [2.05, 4.69) is 11.4 Å². The van der Waals surface area contributed by atoms with Crippen molar-refractivity contribution in [3.8, 4) is 0 Å². The molecule has 0 bridgehead atoms. The third-order valence-corrected chi connectivity index (χ3v) is 2.61. The molecule has 0 radical (unpaired) electrons. The minimum absolute atomic E-state index is 0.474. The van der Waals surface area contributed by atoms with E-state index in [1.54, 1.807) is 11.3 Å². The Morgan fingerprint density at radius 3 is 2.75 bits per heavy atom. The highest BCUT2D eigenvalue weighted by Gasteiger charge is 2.02. The van der Waals surface area contributed by atoms with Crippen molar-refractivity contribution in [2.45, 2.75) is 20.4 Å². The third-order valence-electron chi connectivity index (χ3n) is 1.60. The highest BCUT2D eigenvalue weighted by Crippen LogP contribution is 2.19. The van der Waals surface area contributed by atoms with Crippen LogP contribution in [0, 0.1) is 13.8 Å². The van der Waals surface area contributed by atoms with Crippen molar-refractivity contribution in [1.29, 1.82) is 0 Å². The van der Waals surface area contributed by atoms with Crippen LogP contribution in [0.1, 0.15) is 15.3 Å². The number of urea groups is 1. The Labute approximate surface area is 75.6 Å². The van der Waals surface area contributed by atoms with Crippen LogP contribution in [0.2, 0.25) is 0 Å². The molecule has 0 aromatic carbocycles. The van der Waals surface area contributed by atoms with Crippen molar-refractivity contribution in [3.63, 3.8) is 0 Å². The Kier molecular flexibility index (Phi) is 2.70. The molecule has 0 spiro atoms. The fourth-order valence-corrected chi connectivity index (χ4v) is 1.99. The number of carbonyl (C=O) groups excluding carboxylic acids is 1. The van der Waals surface area contributed by atoms with Gasteiger partial charge in [0.15, 0.2) is 0 Å². The number of hydrogen-bond donors (Lipinski definition) is 2. The van der Waals surface area contributed by atoms with Gasteiger partial charge in [-0.15, -0.1) is 11.3 Å². The summed E-state index contributed by atoms with van der Waals surface area (Å²) >= 11 is 1.73. The molecular weight excluding hydrogens is 172 g/mol. The molecule has 4 heteroatoms. The second-order valence-corrected chi connectivity index (χ2v) is 4.12. The summed E-state index contributed by atoms with van der Waals surface area (Å²) in [5, 5.41) is 2.56. The quantitative estimate of drug-likeness (QED) is 0.719. The van der Waals surface area contributed by atoms with Crippen LogP contribution in [0.4, 0.5) is 4.79 Å². The van der Waals surface area contributed by atoms with Gasteiger partial charge in [0.05, 0.1) is 0 Å². The first-order chi connectivity index (χ1) is 5.59. The van der Waals surface area contributed by atoms with E-state index in [1.807, 2.05) is 13.8 Å². The summed E-state index contributed by atoms with van der Waals surface area (Å²) in [4.78, 5) is 12.9. The molecule has 1 heterocycles. The molecule has 3 nitrogen and oxygen atoms in total. The Morgan fingerprint density at radius 2 is 2.33 bits per heavy atom. The highest BCUT2D eigenvalue weighted by molar-refractivity contribution is 7.12. The van der Waals surface area contributed by atoms with Gasteiger partial charge in [0.2, 0.25) is 0 Å². The Hall–Kier alpha value is -1.03. The van der Waals surface area contributed by atoms with Crippen molar-refractivity contribution < 1.29 is 4.79 Å². The molecule has 12 heavy (non-hydrogen) atoms. The van der Waals surface area contributed by atoms with Crippen LogP contribution in [-0.4, -0.2) is 6.03 Å². The number of thiophene rings is 1. The Morgan fingerprint density at radius 1 is 1.67 bits per heavy atom. The third kappa shape index (κ3) is 2.23. The second kappa shape index (κ2) is 3.58. The standard InChI is InChI=1S/C8H12N2OS/c1-5-3-7(6(2)12-5)4-10-8(9)11/h3H,4H2,1-2H3,(H3,9,10,11). The van der Waals surface area contributed by atoms with Crippen molar-refractivity contribution in [2.24, 2.45) is 5.73 Å². The molecule has 0 aliphatic heterocycles. The first-order valence-electron chi connectivity index (χ1n) is 3.69. The van der Waals surface area contributed by atoms with Gasteiger partial charge in [-0.3, -0.25) is 0 Å². The molecule has 0 saturated carbocycles. The lowest BCUT2D eigenvalue weighted by molar-refractivity contribution is 0.248. The predicted octanol–water partition coefficient (Wildman–Crippen LogP) is 1.53. The summed E-state index contributed by atoms with van der Waals surface area (Å²) in [7, 11) is 0. The van der Waals surface area contributed by atoms with Crippen LogP contribution < -0.4 is 11.1 Å². The zero-order chi connectivity index (χ0) is 9.14. The van der Waals surface area contributed by atoms with Gasteiger partial charge in [0.25, 0.3) is 0 Å². The van der Waals surface area contributed by atoms with E-state index in [4.69, 9.17) is 5.73 Å². The number of rotatable bonds is 2. The van der Waals surface area contributed by atoms with E-state index < -0.39 is 6.03 Å². The summed E-state index contributed by atoms with van der Waals surface area (Å²) in [6, 6.07) is 1.59. The number of hydrogen-bond acceptors (Lipinski definition) is 2. The summed E-state index contributed by atoms with van der Waals surface area (Å²) in [5.74, 6) is 0. The summed E-state index contributed by atoms with van der Waals surface area (Å²) < 4.78 is 0. The molecule has 0 fully saturated rings. The van der Waals surface area contributed by atoms with Crippen LogP contribution in [0.15, 0.2) is 6.07 Å². The van der Waals surface area contributed by atoms with Gasteiger partial charge < -0.3 is 11.1 Å². The fraction of sp³-hybridized carbons (Fsp3) is 0.375. The first-order valence-corrected chi connectivity index (χ1v) is 4.50. The lowest BCUT2D eigenvalue weighted by Crippen LogP contribution is -2.28. The second-order valence-electron chi connectivity index (χ2n) is 2.66. The monoisotopic (exact) mass is 184 g/mol. The molecule has 3 N–H and O–H groups in total. The number of nitrogens with one attached hydrogen (secondary N) is 1. The predicted molar refractivity (Wildman–Crippen MR) is 50.2 cm³/mol. The van der Waals surface area contributed by atoms with Crippen LogP contribution in [0.3, 0.4) is 0 Å². The molecule has 0 unspecified atom stereocenters. The normalized spacial score (nSPS) is 9.83. The van der Waals surface area contributed by atoms with Gasteiger partial charge in [-0.1, -0.05) is 0 Å². The average molecular weight is 184 g/mol. The van der Waals surface area contributed by atoms with Gasteiger partial charge in [-0.05, 0) is 25.5 Å². The smallest absolute Gasteiger partial charge is 0.312 e. The number of primary amides is 1. The van der Waals surface area contributed by atoms with Crippen LogP contribution in [0.25, 0.3) is 0 Å². The summed E-state index contributed by atoms with van der Waals surface area (Å²) in [6.07, 6.45) is 0. The van der Waals surface area contributed by atoms with Gasteiger partial charge in [0.1, 0.15) is 0 Å². The topological polar surface area (TPSA) is 55.1 Å². The molecule has 0 atom stereocenters. The first kappa shape index (κ1) is 9.06. The highest BCUT2D eigenvalue weighted by atomic mass is 32.1. The maximum Gasteiger partial charge on any atom is 0.312 e. The molecule has 66 valence electrons. The molecule has 0 aliphatic carbocycles. The molecular formula is C8H12N2OS. The Bertz CT molecular complexity index is 293. The molecule has 0 aliphatic rings. The zero-order valence-electron chi connectivity index (χ0n) is 7.18. The largest absolute Gasteiger partial charge is 0.352 e. The molecule has 1 rings (SSSR count). The van der Waals surface area contributed by atoms with Gasteiger partial charge in [-0.2, -0.15) is 0 Å². The van der Waals surface area contributed by atoms with E-state index in [-0.39, 0.29) is 0 Å². The maximum absolute atomic E-state index is 10.4. The number of amides is 2. The van der Waals surface area contributed by atoms with E-state index in [0.717, 1.165) is 5.56 Å². The van der Waals surface area contributed by atoms with Gasteiger partial charge in [-0.25, -0.2) is 4.79 Å². The van der Waals surface area contributed by atoms with E-state index in [1.165, 1.54) is 9.75 Å². The van der Waals surface area contributed by atoms with Crippen molar-refractivity contribution >= 4 is 17.4 Å². The lowest BCUT2D eigenvalue weighted by atomic mass is 10.2.